The fraction of sp³-hybridized carbons (Fsp3) is 0.308. The maximum atomic E-state index is 13.2. The second-order valence-corrected chi connectivity index (χ2v) is 8.74. The number of hydrogen-bond donors (Lipinski definition) is 2. The highest BCUT2D eigenvalue weighted by Gasteiger charge is 2.36. The molecule has 2 aromatic carbocycles. The summed E-state index contributed by atoms with van der Waals surface area (Å²) in [4.78, 5) is 47.8. The minimum absolute atomic E-state index is 0.0480. The Morgan fingerprint density at radius 2 is 1.85 bits per heavy atom. The highest BCUT2D eigenvalue weighted by Crippen LogP contribution is 2.33. The third-order valence-electron chi connectivity index (χ3n) is 6.62. The van der Waals surface area contributed by atoms with Crippen LogP contribution < -0.4 is 10.9 Å². The van der Waals surface area contributed by atoms with Crippen molar-refractivity contribution >= 4 is 11.8 Å². The van der Waals surface area contributed by atoms with Gasteiger partial charge in [-0.2, -0.15) is 0 Å². The first kappa shape index (κ1) is 21.1. The van der Waals surface area contributed by atoms with Crippen LogP contribution in [0.2, 0.25) is 0 Å². The number of carbonyl (C=O) groups excluding carboxylic acids is 2. The smallest absolute Gasteiger partial charge is 0.254 e. The first-order valence-electron chi connectivity index (χ1n) is 11.3. The largest absolute Gasteiger partial charge is 0.345 e. The number of hydrogen-bond acceptors (Lipinski definition) is 4. The molecule has 7 nitrogen and oxygen atoms in total. The van der Waals surface area contributed by atoms with Gasteiger partial charge in [0.05, 0.1) is 18.5 Å². The van der Waals surface area contributed by atoms with Crippen molar-refractivity contribution in [1.82, 2.24) is 20.2 Å². The number of aromatic nitrogens is 2. The Morgan fingerprint density at radius 3 is 2.64 bits per heavy atom. The van der Waals surface area contributed by atoms with E-state index in [-0.39, 0.29) is 35.9 Å². The Hall–Kier alpha value is -3.74. The van der Waals surface area contributed by atoms with Crippen molar-refractivity contribution in [3.05, 3.63) is 98.7 Å². The summed E-state index contributed by atoms with van der Waals surface area (Å²) >= 11 is 0. The number of likely N-dealkylation sites (tertiary alicyclic amines) is 1. The highest BCUT2D eigenvalue weighted by molar-refractivity contribution is 5.99. The van der Waals surface area contributed by atoms with Gasteiger partial charge in [0.25, 0.3) is 11.5 Å². The quantitative estimate of drug-likeness (QED) is 0.634. The van der Waals surface area contributed by atoms with E-state index in [0.29, 0.717) is 35.6 Å². The minimum Gasteiger partial charge on any atom is -0.345 e. The van der Waals surface area contributed by atoms with Gasteiger partial charge in [-0.05, 0) is 37.0 Å². The molecule has 0 radical (unpaired) electrons. The van der Waals surface area contributed by atoms with E-state index in [9.17, 15) is 14.4 Å². The van der Waals surface area contributed by atoms with Crippen LogP contribution in [-0.4, -0.2) is 33.2 Å². The van der Waals surface area contributed by atoms with E-state index in [1.54, 1.807) is 11.0 Å². The maximum absolute atomic E-state index is 13.2. The average molecular weight is 443 g/mol. The molecule has 7 heteroatoms. The topological polar surface area (TPSA) is 95.2 Å². The number of H-pyrrole nitrogens is 1. The molecular weight excluding hydrogens is 416 g/mol. The number of nitrogens with one attached hydrogen (secondary N) is 2. The molecule has 2 unspecified atom stereocenters. The summed E-state index contributed by atoms with van der Waals surface area (Å²) in [6, 6.07) is 16.6. The van der Waals surface area contributed by atoms with Crippen molar-refractivity contribution in [2.24, 2.45) is 0 Å². The van der Waals surface area contributed by atoms with Crippen molar-refractivity contribution < 1.29 is 9.59 Å². The number of fused-ring (bicyclic) bond motifs is 1. The number of nitrogens with zero attached hydrogens (tertiary/aromatic N) is 2. The SMILES string of the molecule is Cc1nc(C2CCCN2C(=O)CC2NC(=O)c3ccccc32)[nH]c(=O)c1Cc1ccccc1. The van der Waals surface area contributed by atoms with Crippen molar-refractivity contribution in [1.29, 1.82) is 0 Å². The summed E-state index contributed by atoms with van der Waals surface area (Å²) in [6.45, 7) is 2.46. The zero-order valence-corrected chi connectivity index (χ0v) is 18.5. The average Bonchev–Trinajstić information content (AvgIpc) is 3.42. The third-order valence-corrected chi connectivity index (χ3v) is 6.62. The normalized spacial score (nSPS) is 19.4. The van der Waals surface area contributed by atoms with Crippen LogP contribution >= 0.6 is 0 Å². The highest BCUT2D eigenvalue weighted by atomic mass is 16.2. The van der Waals surface area contributed by atoms with Gasteiger partial charge in [-0.25, -0.2) is 4.98 Å². The summed E-state index contributed by atoms with van der Waals surface area (Å²) in [6.07, 6.45) is 2.30. The Labute approximate surface area is 191 Å². The summed E-state index contributed by atoms with van der Waals surface area (Å²) in [5.74, 6) is 0.348. The first-order chi connectivity index (χ1) is 16.0. The van der Waals surface area contributed by atoms with Gasteiger partial charge in [0, 0.05) is 29.8 Å². The van der Waals surface area contributed by atoms with Crippen LogP contribution in [0.4, 0.5) is 0 Å². The molecule has 3 aromatic rings. The molecule has 33 heavy (non-hydrogen) atoms. The molecule has 1 aromatic heterocycles. The molecule has 0 aliphatic carbocycles. The fourth-order valence-corrected chi connectivity index (χ4v) is 4.92. The fourth-order valence-electron chi connectivity index (χ4n) is 4.92. The zero-order valence-electron chi connectivity index (χ0n) is 18.5. The van der Waals surface area contributed by atoms with Crippen molar-refractivity contribution in [2.45, 2.75) is 44.7 Å². The Bertz CT molecular complexity index is 1270. The van der Waals surface area contributed by atoms with Gasteiger partial charge in [0.15, 0.2) is 0 Å². The van der Waals surface area contributed by atoms with Crippen molar-refractivity contribution in [3.8, 4) is 0 Å². The van der Waals surface area contributed by atoms with E-state index in [4.69, 9.17) is 4.98 Å². The molecule has 2 N–H and O–H groups in total. The number of aromatic amines is 1. The summed E-state index contributed by atoms with van der Waals surface area (Å²) in [5, 5.41) is 2.92. The lowest BCUT2D eigenvalue weighted by molar-refractivity contribution is -0.132. The van der Waals surface area contributed by atoms with Crippen LogP contribution in [0.25, 0.3) is 0 Å². The van der Waals surface area contributed by atoms with E-state index in [0.717, 1.165) is 24.0 Å². The van der Waals surface area contributed by atoms with Crippen molar-refractivity contribution in [3.63, 3.8) is 0 Å². The first-order valence-corrected chi connectivity index (χ1v) is 11.3. The van der Waals surface area contributed by atoms with E-state index >= 15 is 0 Å². The van der Waals surface area contributed by atoms with Gasteiger partial charge >= 0.3 is 0 Å². The molecule has 5 rings (SSSR count). The van der Waals surface area contributed by atoms with Gasteiger partial charge in [-0.1, -0.05) is 48.5 Å². The summed E-state index contributed by atoms with van der Waals surface area (Å²) in [7, 11) is 0. The minimum atomic E-state index is -0.329. The monoisotopic (exact) mass is 442 g/mol. The Kier molecular flexibility index (Phi) is 5.54. The van der Waals surface area contributed by atoms with Crippen molar-refractivity contribution in [2.75, 3.05) is 6.54 Å². The molecule has 2 amide bonds. The molecule has 2 atom stereocenters. The van der Waals surface area contributed by atoms with Crippen LogP contribution in [0.5, 0.6) is 0 Å². The summed E-state index contributed by atoms with van der Waals surface area (Å²) in [5.41, 5.74) is 3.72. The van der Waals surface area contributed by atoms with Crippen LogP contribution in [0.3, 0.4) is 0 Å². The predicted octanol–water partition coefficient (Wildman–Crippen LogP) is 3.21. The van der Waals surface area contributed by atoms with Crippen LogP contribution in [0.1, 0.15) is 69.9 Å². The van der Waals surface area contributed by atoms with Gasteiger partial charge < -0.3 is 15.2 Å². The molecule has 0 spiro atoms. The lowest BCUT2D eigenvalue weighted by atomic mass is 10.0. The van der Waals surface area contributed by atoms with E-state index < -0.39 is 0 Å². The molecular formula is C26H26N4O3. The molecule has 168 valence electrons. The number of amides is 2. The molecule has 2 aliphatic rings. The van der Waals surface area contributed by atoms with Gasteiger partial charge in [-0.15, -0.1) is 0 Å². The second-order valence-electron chi connectivity index (χ2n) is 8.74. The van der Waals surface area contributed by atoms with Crippen LogP contribution in [-0.2, 0) is 11.2 Å². The maximum Gasteiger partial charge on any atom is 0.254 e. The molecule has 0 saturated carbocycles. The number of carbonyl (C=O) groups is 2. The van der Waals surface area contributed by atoms with Crippen LogP contribution in [0, 0.1) is 6.92 Å². The van der Waals surface area contributed by atoms with E-state index in [2.05, 4.69) is 10.3 Å². The van der Waals surface area contributed by atoms with Gasteiger partial charge in [-0.3, -0.25) is 14.4 Å². The lowest BCUT2D eigenvalue weighted by Gasteiger charge is -2.26. The molecule has 1 fully saturated rings. The Balaban J connectivity index is 1.35. The van der Waals surface area contributed by atoms with Gasteiger partial charge in [0.2, 0.25) is 5.91 Å². The summed E-state index contributed by atoms with van der Waals surface area (Å²) < 4.78 is 0. The lowest BCUT2D eigenvalue weighted by Crippen LogP contribution is -2.35. The van der Waals surface area contributed by atoms with Gasteiger partial charge in [0.1, 0.15) is 5.82 Å². The molecule has 0 bridgehead atoms. The number of benzene rings is 2. The predicted molar refractivity (Wildman–Crippen MR) is 124 cm³/mol. The molecule has 1 saturated heterocycles. The second kappa shape index (κ2) is 8.65. The molecule has 3 heterocycles. The number of aryl methyl sites for hydroxylation is 1. The molecule has 2 aliphatic heterocycles. The number of rotatable bonds is 5. The van der Waals surface area contributed by atoms with E-state index in [1.807, 2.05) is 55.5 Å². The van der Waals surface area contributed by atoms with E-state index in [1.165, 1.54) is 0 Å². The third kappa shape index (κ3) is 4.06. The van der Waals surface area contributed by atoms with Crippen LogP contribution in [0.15, 0.2) is 59.4 Å². The standard InChI is InChI=1S/C26H26N4O3/c1-16-20(14-17-8-3-2-4-9-17)26(33)29-24(27-16)22-12-7-13-30(22)23(31)15-21-18-10-5-6-11-19(18)25(32)28-21/h2-6,8-11,21-22H,7,12-15H2,1H3,(H,28,32)(H,27,29,33). The zero-order chi connectivity index (χ0) is 22.9. The Morgan fingerprint density at radius 1 is 1.09 bits per heavy atom.